The number of amides is 1. The van der Waals surface area contributed by atoms with Crippen LogP contribution >= 0.6 is 0 Å². The molecule has 0 radical (unpaired) electrons. The van der Waals surface area contributed by atoms with E-state index >= 15 is 0 Å². The summed E-state index contributed by atoms with van der Waals surface area (Å²) in [7, 11) is 1.68. The summed E-state index contributed by atoms with van der Waals surface area (Å²) in [6.07, 6.45) is 12.7. The first-order valence-electron chi connectivity index (χ1n) is 12.6. The van der Waals surface area contributed by atoms with Crippen molar-refractivity contribution in [3.8, 4) is 6.07 Å². The maximum atomic E-state index is 13.3. The van der Waals surface area contributed by atoms with Gasteiger partial charge in [-0.3, -0.25) is 4.79 Å². The minimum Gasteiger partial charge on any atom is -0.387 e. The number of carbonyl (C=O) groups excluding carboxylic acids is 1. The van der Waals surface area contributed by atoms with Crippen LogP contribution in [0.4, 0.5) is 5.69 Å². The number of carbonyl (C=O) groups is 1. The number of nitrogens with zero attached hydrogens (tertiary/aromatic N) is 3. The molecule has 1 aromatic rings. The second-order valence-electron chi connectivity index (χ2n) is 11.4. The predicted octanol–water partition coefficient (Wildman–Crippen LogP) is 3.93. The first-order chi connectivity index (χ1) is 15.9. The molecule has 0 aliphatic heterocycles. The lowest BCUT2D eigenvalue weighted by Gasteiger charge is -2.57. The number of nitriles is 1. The normalized spacial score (nSPS) is 41.9. The van der Waals surface area contributed by atoms with Gasteiger partial charge in [0.15, 0.2) is 0 Å². The Labute approximate surface area is 196 Å². The van der Waals surface area contributed by atoms with Crippen LogP contribution in [-0.2, 0) is 9.53 Å². The quantitative estimate of drug-likeness (QED) is 0.716. The van der Waals surface area contributed by atoms with E-state index in [4.69, 9.17) is 10.00 Å². The van der Waals surface area contributed by atoms with Crippen LogP contribution in [0.3, 0.4) is 0 Å². The van der Waals surface area contributed by atoms with E-state index in [1.165, 1.54) is 31.7 Å². The molecule has 178 valence electrons. The molecule has 0 aromatic carbocycles. The summed E-state index contributed by atoms with van der Waals surface area (Å²) in [5, 5.41) is 22.9. The Bertz CT molecular complexity index is 930. The van der Waals surface area contributed by atoms with E-state index in [9.17, 15) is 9.90 Å². The summed E-state index contributed by atoms with van der Waals surface area (Å²) in [6, 6.07) is 1.91. The molecule has 8 unspecified atom stereocenters. The number of aliphatic hydroxyl groups is 1. The molecular formula is C26H36N4O3. The standard InChI is InChI=1S/C26H36N4O3/c1-25-9-7-19-18-8-10-26(32,15-33-2)11-16(18)3-4-20(19)21(25)5-6-22(25)24(31)30-17-13-28-23(12-27)29-14-17/h13-14,16,18-22,32H,3-11,15H2,1-2H3,(H,30,31). The summed E-state index contributed by atoms with van der Waals surface area (Å²) < 4.78 is 5.32. The van der Waals surface area contributed by atoms with Gasteiger partial charge in [-0.25, -0.2) is 9.97 Å². The molecule has 5 rings (SSSR count). The predicted molar refractivity (Wildman–Crippen MR) is 123 cm³/mol. The highest BCUT2D eigenvalue weighted by Gasteiger charge is 2.59. The van der Waals surface area contributed by atoms with E-state index in [1.54, 1.807) is 7.11 Å². The zero-order valence-electron chi connectivity index (χ0n) is 19.8. The third kappa shape index (κ3) is 3.95. The number of anilines is 1. The minimum absolute atomic E-state index is 0.00923. The van der Waals surface area contributed by atoms with Crippen molar-refractivity contribution in [3.05, 3.63) is 18.2 Å². The zero-order chi connectivity index (χ0) is 23.2. The lowest BCUT2D eigenvalue weighted by molar-refractivity contribution is -0.134. The molecule has 7 nitrogen and oxygen atoms in total. The number of rotatable bonds is 4. The van der Waals surface area contributed by atoms with Crippen LogP contribution in [0.25, 0.3) is 0 Å². The zero-order valence-corrected chi connectivity index (χ0v) is 19.8. The second kappa shape index (κ2) is 8.63. The summed E-state index contributed by atoms with van der Waals surface area (Å²) >= 11 is 0. The average molecular weight is 453 g/mol. The molecule has 4 aliphatic carbocycles. The van der Waals surface area contributed by atoms with Crippen molar-refractivity contribution >= 4 is 11.6 Å². The molecule has 0 saturated heterocycles. The number of aromatic nitrogens is 2. The monoisotopic (exact) mass is 452 g/mol. The topological polar surface area (TPSA) is 108 Å². The largest absolute Gasteiger partial charge is 0.387 e. The molecule has 0 bridgehead atoms. The highest BCUT2D eigenvalue weighted by atomic mass is 16.5. The first-order valence-corrected chi connectivity index (χ1v) is 12.6. The molecule has 4 aliphatic rings. The van der Waals surface area contributed by atoms with Gasteiger partial charge in [-0.15, -0.1) is 0 Å². The Kier molecular flexibility index (Phi) is 5.95. The highest BCUT2D eigenvalue weighted by molar-refractivity contribution is 5.93. The van der Waals surface area contributed by atoms with Crippen LogP contribution in [0.2, 0.25) is 0 Å². The molecule has 4 fully saturated rings. The Morgan fingerprint density at radius 1 is 1.15 bits per heavy atom. The highest BCUT2D eigenvalue weighted by Crippen LogP contribution is 2.64. The maximum Gasteiger partial charge on any atom is 0.232 e. The van der Waals surface area contributed by atoms with Gasteiger partial charge in [0, 0.05) is 13.0 Å². The third-order valence-electron chi connectivity index (χ3n) is 9.85. The number of fused-ring (bicyclic) bond motifs is 5. The smallest absolute Gasteiger partial charge is 0.232 e. The number of hydrogen-bond donors (Lipinski definition) is 2. The molecular weight excluding hydrogens is 416 g/mol. The van der Waals surface area contributed by atoms with E-state index < -0.39 is 5.60 Å². The number of nitrogens with one attached hydrogen (secondary N) is 1. The molecule has 33 heavy (non-hydrogen) atoms. The fourth-order valence-electron chi connectivity index (χ4n) is 8.47. The van der Waals surface area contributed by atoms with Crippen molar-refractivity contribution in [3.63, 3.8) is 0 Å². The molecule has 0 spiro atoms. The molecule has 1 amide bonds. The summed E-state index contributed by atoms with van der Waals surface area (Å²) in [5.41, 5.74) is -0.0414. The van der Waals surface area contributed by atoms with E-state index in [2.05, 4.69) is 22.2 Å². The van der Waals surface area contributed by atoms with E-state index in [0.29, 0.717) is 36.0 Å². The van der Waals surface area contributed by atoms with Crippen molar-refractivity contribution in [2.45, 2.75) is 70.3 Å². The van der Waals surface area contributed by atoms with Gasteiger partial charge in [-0.1, -0.05) is 6.92 Å². The van der Waals surface area contributed by atoms with Crippen LogP contribution < -0.4 is 5.32 Å². The summed E-state index contributed by atoms with van der Waals surface area (Å²) in [4.78, 5) is 21.2. The number of hydrogen-bond acceptors (Lipinski definition) is 6. The van der Waals surface area contributed by atoms with Gasteiger partial charge in [0.25, 0.3) is 0 Å². The van der Waals surface area contributed by atoms with E-state index in [0.717, 1.165) is 44.4 Å². The molecule has 8 atom stereocenters. The Morgan fingerprint density at radius 2 is 1.91 bits per heavy atom. The van der Waals surface area contributed by atoms with Crippen LogP contribution in [0, 0.1) is 52.3 Å². The van der Waals surface area contributed by atoms with Crippen LogP contribution in [-0.4, -0.2) is 40.3 Å². The first kappa shape index (κ1) is 22.7. The summed E-state index contributed by atoms with van der Waals surface area (Å²) in [5.74, 6) is 3.56. The van der Waals surface area contributed by atoms with E-state index in [-0.39, 0.29) is 23.1 Å². The number of methoxy groups -OCH3 is 1. The Balaban J connectivity index is 1.27. The lowest BCUT2D eigenvalue weighted by atomic mass is 9.49. The Morgan fingerprint density at radius 3 is 2.64 bits per heavy atom. The molecule has 1 aromatic heterocycles. The van der Waals surface area contributed by atoms with Crippen molar-refractivity contribution in [1.29, 1.82) is 5.26 Å². The van der Waals surface area contributed by atoms with Gasteiger partial charge in [0.2, 0.25) is 11.7 Å². The average Bonchev–Trinajstić information content (AvgIpc) is 3.16. The number of ether oxygens (including phenoxy) is 1. The molecule has 4 saturated carbocycles. The van der Waals surface area contributed by atoms with Crippen molar-refractivity contribution in [2.75, 3.05) is 19.0 Å². The minimum atomic E-state index is -0.641. The molecule has 7 heteroatoms. The van der Waals surface area contributed by atoms with Gasteiger partial charge >= 0.3 is 0 Å². The van der Waals surface area contributed by atoms with Crippen LogP contribution in [0.15, 0.2) is 12.4 Å². The lowest BCUT2D eigenvalue weighted by Crippen LogP contribution is -2.52. The fraction of sp³-hybridized carbons (Fsp3) is 0.769. The van der Waals surface area contributed by atoms with Crippen molar-refractivity contribution < 1.29 is 14.6 Å². The molecule has 2 N–H and O–H groups in total. The van der Waals surface area contributed by atoms with Gasteiger partial charge in [-0.05, 0) is 92.8 Å². The van der Waals surface area contributed by atoms with Crippen molar-refractivity contribution in [2.24, 2.45) is 40.9 Å². The fourth-order valence-corrected chi connectivity index (χ4v) is 8.47. The van der Waals surface area contributed by atoms with Crippen LogP contribution in [0.5, 0.6) is 0 Å². The van der Waals surface area contributed by atoms with Gasteiger partial charge in [0.05, 0.1) is 30.3 Å². The summed E-state index contributed by atoms with van der Waals surface area (Å²) in [6.45, 7) is 2.80. The van der Waals surface area contributed by atoms with Crippen LogP contribution in [0.1, 0.15) is 70.5 Å². The molecule has 1 heterocycles. The Hall–Kier alpha value is -2.04. The van der Waals surface area contributed by atoms with Gasteiger partial charge in [-0.2, -0.15) is 5.26 Å². The van der Waals surface area contributed by atoms with E-state index in [1.807, 2.05) is 6.07 Å². The SMILES string of the molecule is COCC1(O)CCC2C(CCC3C2CCC2(C)C(C(=O)Nc4cnc(C#N)nc4)CCC32)C1. The van der Waals surface area contributed by atoms with Gasteiger partial charge < -0.3 is 15.2 Å². The van der Waals surface area contributed by atoms with Gasteiger partial charge in [0.1, 0.15) is 6.07 Å². The second-order valence-corrected chi connectivity index (χ2v) is 11.4. The van der Waals surface area contributed by atoms with Crippen molar-refractivity contribution in [1.82, 2.24) is 9.97 Å². The maximum absolute atomic E-state index is 13.3. The third-order valence-corrected chi connectivity index (χ3v) is 9.85.